The Hall–Kier alpha value is -2.82. The first-order valence-electron chi connectivity index (χ1n) is 7.78. The number of imide groups is 1. The van der Waals surface area contributed by atoms with Gasteiger partial charge in [-0.15, -0.1) is 0 Å². The van der Waals surface area contributed by atoms with Crippen LogP contribution in [0.25, 0.3) is 0 Å². The van der Waals surface area contributed by atoms with Crippen LogP contribution in [-0.2, 0) is 16.9 Å². The number of amides is 3. The lowest BCUT2D eigenvalue weighted by Gasteiger charge is -2.22. The molecule has 1 fully saturated rings. The van der Waals surface area contributed by atoms with Crippen LogP contribution in [0.1, 0.15) is 23.6 Å². The maximum Gasteiger partial charge on any atom is 0.325 e. The molecule has 2 aromatic carbocycles. The Balaban J connectivity index is 1.87. The minimum absolute atomic E-state index is 0.212. The Morgan fingerprint density at radius 1 is 1.12 bits per heavy atom. The number of hydrogen-bond donors (Lipinski definition) is 1. The van der Waals surface area contributed by atoms with E-state index in [1.807, 2.05) is 55.5 Å². The van der Waals surface area contributed by atoms with Gasteiger partial charge in [0.2, 0.25) is 0 Å². The van der Waals surface area contributed by atoms with Crippen LogP contribution >= 0.6 is 0 Å². The lowest BCUT2D eigenvalue weighted by molar-refractivity contribution is -0.131. The van der Waals surface area contributed by atoms with Crippen molar-refractivity contribution in [2.24, 2.45) is 0 Å². The quantitative estimate of drug-likeness (QED) is 0.880. The Morgan fingerprint density at radius 3 is 2.50 bits per heavy atom. The zero-order valence-electron chi connectivity index (χ0n) is 14.0. The van der Waals surface area contributed by atoms with Crippen LogP contribution in [0.2, 0.25) is 0 Å². The molecule has 0 bridgehead atoms. The number of methoxy groups -OCH3 is 1. The molecule has 0 saturated carbocycles. The van der Waals surface area contributed by atoms with Gasteiger partial charge in [-0.3, -0.25) is 9.69 Å². The molecular formula is C19H20N2O3. The van der Waals surface area contributed by atoms with Crippen molar-refractivity contribution in [3.8, 4) is 5.75 Å². The molecule has 3 rings (SSSR count). The van der Waals surface area contributed by atoms with Gasteiger partial charge in [0.1, 0.15) is 11.3 Å². The SMILES string of the molecule is COc1cccc(CN2C(=O)N[C@@](C)(c3ccc(C)cc3)C2=O)c1. The molecule has 0 aliphatic carbocycles. The van der Waals surface area contributed by atoms with Gasteiger partial charge in [-0.1, -0.05) is 42.0 Å². The normalized spacial score (nSPS) is 20.2. The topological polar surface area (TPSA) is 58.6 Å². The fraction of sp³-hybridized carbons (Fsp3) is 0.263. The standard InChI is InChI=1S/C19H20N2O3/c1-13-7-9-15(10-8-13)19(2)17(22)21(18(23)20-19)12-14-5-4-6-16(11-14)24-3/h4-11H,12H2,1-3H3,(H,20,23)/t19-/m0/s1. The van der Waals surface area contributed by atoms with Crippen molar-refractivity contribution in [3.05, 3.63) is 65.2 Å². The van der Waals surface area contributed by atoms with Crippen molar-refractivity contribution in [3.63, 3.8) is 0 Å². The summed E-state index contributed by atoms with van der Waals surface area (Å²) in [6, 6.07) is 14.6. The average Bonchev–Trinajstić information content (AvgIpc) is 2.80. The second kappa shape index (κ2) is 6.00. The number of carbonyl (C=O) groups excluding carboxylic acids is 2. The van der Waals surface area contributed by atoms with Gasteiger partial charge in [-0.05, 0) is 37.1 Å². The van der Waals surface area contributed by atoms with Gasteiger partial charge < -0.3 is 10.1 Å². The molecule has 24 heavy (non-hydrogen) atoms. The molecule has 5 heteroatoms. The van der Waals surface area contributed by atoms with Crippen molar-refractivity contribution < 1.29 is 14.3 Å². The second-order valence-corrected chi connectivity index (χ2v) is 6.16. The number of nitrogens with one attached hydrogen (secondary N) is 1. The molecule has 0 aromatic heterocycles. The summed E-state index contributed by atoms with van der Waals surface area (Å²) in [5.74, 6) is 0.444. The number of aryl methyl sites for hydroxylation is 1. The van der Waals surface area contributed by atoms with E-state index in [0.717, 1.165) is 16.7 Å². The molecule has 2 aromatic rings. The third kappa shape index (κ3) is 2.73. The summed E-state index contributed by atoms with van der Waals surface area (Å²) in [7, 11) is 1.58. The number of hydrogen-bond acceptors (Lipinski definition) is 3. The molecule has 1 heterocycles. The molecule has 1 aliphatic heterocycles. The molecule has 0 spiro atoms. The lowest BCUT2D eigenvalue weighted by atomic mass is 9.91. The fourth-order valence-corrected chi connectivity index (χ4v) is 2.88. The van der Waals surface area contributed by atoms with E-state index in [1.165, 1.54) is 4.90 Å². The molecular weight excluding hydrogens is 304 g/mol. The molecule has 1 saturated heterocycles. The Bertz CT molecular complexity index is 785. The lowest BCUT2D eigenvalue weighted by Crippen LogP contribution is -2.40. The highest BCUT2D eigenvalue weighted by Gasteiger charge is 2.48. The fourth-order valence-electron chi connectivity index (χ4n) is 2.88. The summed E-state index contributed by atoms with van der Waals surface area (Å²) >= 11 is 0. The van der Waals surface area contributed by atoms with Crippen LogP contribution in [0, 0.1) is 6.92 Å². The van der Waals surface area contributed by atoms with Crippen molar-refractivity contribution >= 4 is 11.9 Å². The highest BCUT2D eigenvalue weighted by atomic mass is 16.5. The monoisotopic (exact) mass is 324 g/mol. The number of benzene rings is 2. The Labute approximate surface area is 141 Å². The summed E-state index contributed by atoms with van der Waals surface area (Å²) in [6.45, 7) is 3.93. The second-order valence-electron chi connectivity index (χ2n) is 6.16. The zero-order valence-corrected chi connectivity index (χ0v) is 14.0. The molecule has 1 atom stereocenters. The van der Waals surface area contributed by atoms with Gasteiger partial charge in [0, 0.05) is 0 Å². The van der Waals surface area contributed by atoms with Crippen molar-refractivity contribution in [2.45, 2.75) is 25.9 Å². The largest absolute Gasteiger partial charge is 0.497 e. The van der Waals surface area contributed by atoms with Gasteiger partial charge in [0.05, 0.1) is 13.7 Å². The molecule has 1 aliphatic rings. The molecule has 3 amide bonds. The van der Waals surface area contributed by atoms with Crippen LogP contribution < -0.4 is 10.1 Å². The summed E-state index contributed by atoms with van der Waals surface area (Å²) in [5.41, 5.74) is 1.68. The predicted octanol–water partition coefficient (Wildman–Crippen LogP) is 2.97. The Morgan fingerprint density at radius 2 is 1.83 bits per heavy atom. The van der Waals surface area contributed by atoms with Crippen LogP contribution in [0.5, 0.6) is 5.75 Å². The average molecular weight is 324 g/mol. The minimum Gasteiger partial charge on any atom is -0.497 e. The van der Waals surface area contributed by atoms with E-state index in [4.69, 9.17) is 4.74 Å². The van der Waals surface area contributed by atoms with Gasteiger partial charge in [0.25, 0.3) is 5.91 Å². The van der Waals surface area contributed by atoms with Crippen LogP contribution in [-0.4, -0.2) is 23.9 Å². The zero-order chi connectivity index (χ0) is 17.3. The maximum absolute atomic E-state index is 12.9. The number of urea groups is 1. The number of ether oxygens (including phenoxy) is 1. The third-order valence-corrected chi connectivity index (χ3v) is 4.38. The molecule has 0 unspecified atom stereocenters. The van der Waals surface area contributed by atoms with E-state index in [9.17, 15) is 9.59 Å². The van der Waals surface area contributed by atoms with Gasteiger partial charge >= 0.3 is 6.03 Å². The van der Waals surface area contributed by atoms with E-state index in [1.54, 1.807) is 14.0 Å². The molecule has 5 nitrogen and oxygen atoms in total. The van der Waals surface area contributed by atoms with E-state index in [2.05, 4.69) is 5.32 Å². The molecule has 124 valence electrons. The van der Waals surface area contributed by atoms with E-state index in [0.29, 0.717) is 5.75 Å². The van der Waals surface area contributed by atoms with Gasteiger partial charge in [0.15, 0.2) is 0 Å². The molecule has 1 N–H and O–H groups in total. The number of carbonyl (C=O) groups is 2. The first-order valence-corrected chi connectivity index (χ1v) is 7.78. The summed E-state index contributed by atoms with van der Waals surface area (Å²) in [4.78, 5) is 26.5. The van der Waals surface area contributed by atoms with Crippen LogP contribution in [0.4, 0.5) is 4.79 Å². The smallest absolute Gasteiger partial charge is 0.325 e. The summed E-state index contributed by atoms with van der Waals surface area (Å²) in [5, 5.41) is 2.82. The van der Waals surface area contributed by atoms with Crippen molar-refractivity contribution in [2.75, 3.05) is 7.11 Å². The van der Waals surface area contributed by atoms with E-state index in [-0.39, 0.29) is 18.5 Å². The maximum atomic E-state index is 12.9. The van der Waals surface area contributed by atoms with Crippen molar-refractivity contribution in [1.29, 1.82) is 0 Å². The van der Waals surface area contributed by atoms with Crippen LogP contribution in [0.15, 0.2) is 48.5 Å². The number of rotatable bonds is 4. The first-order chi connectivity index (χ1) is 11.4. The van der Waals surface area contributed by atoms with Gasteiger partial charge in [-0.25, -0.2) is 4.79 Å². The highest BCUT2D eigenvalue weighted by Crippen LogP contribution is 2.30. The Kier molecular flexibility index (Phi) is 4.01. The van der Waals surface area contributed by atoms with Gasteiger partial charge in [-0.2, -0.15) is 0 Å². The highest BCUT2D eigenvalue weighted by molar-refractivity contribution is 6.07. The molecule has 0 radical (unpaired) electrons. The van der Waals surface area contributed by atoms with Crippen LogP contribution in [0.3, 0.4) is 0 Å². The third-order valence-electron chi connectivity index (χ3n) is 4.38. The first kappa shape index (κ1) is 16.1. The summed E-state index contributed by atoms with van der Waals surface area (Å²) < 4.78 is 5.19. The summed E-state index contributed by atoms with van der Waals surface area (Å²) in [6.07, 6.45) is 0. The predicted molar refractivity (Wildman–Crippen MR) is 90.6 cm³/mol. The van der Waals surface area contributed by atoms with E-state index < -0.39 is 5.54 Å². The van der Waals surface area contributed by atoms with Crippen molar-refractivity contribution in [1.82, 2.24) is 10.2 Å². The van der Waals surface area contributed by atoms with E-state index >= 15 is 0 Å². The number of nitrogens with zero attached hydrogens (tertiary/aromatic N) is 1. The minimum atomic E-state index is -1.04.